The fourth-order valence-electron chi connectivity index (χ4n) is 5.37. The molecular weight excluding hydrogens is 352 g/mol. The summed E-state index contributed by atoms with van der Waals surface area (Å²) in [5.74, 6) is 0. The van der Waals surface area contributed by atoms with Crippen LogP contribution in [0.1, 0.15) is 17.7 Å². The molecule has 6 aromatic rings. The summed E-state index contributed by atoms with van der Waals surface area (Å²) in [5.41, 5.74) is 6.64. The monoisotopic (exact) mass is 372 g/mol. The van der Waals surface area contributed by atoms with Crippen LogP contribution in [-0.4, -0.2) is 9.55 Å². The Morgan fingerprint density at radius 1 is 0.793 bits per heavy atom. The molecule has 0 atom stereocenters. The summed E-state index contributed by atoms with van der Waals surface area (Å²) >= 11 is 0. The summed E-state index contributed by atoms with van der Waals surface area (Å²) in [7, 11) is 2.21. The SMILES string of the molecule is Cn1c2c(c3ccc4[nH]c5cc6cc7ccccc7cc6cc5c4c31)CCC=C2. The molecule has 2 heteroatoms. The van der Waals surface area contributed by atoms with Crippen molar-refractivity contribution in [3.63, 3.8) is 0 Å². The maximum Gasteiger partial charge on any atom is 0.0586 e. The minimum Gasteiger partial charge on any atom is -0.354 e. The highest BCUT2D eigenvalue weighted by molar-refractivity contribution is 6.22. The van der Waals surface area contributed by atoms with E-state index in [4.69, 9.17) is 0 Å². The van der Waals surface area contributed by atoms with E-state index >= 15 is 0 Å². The predicted molar refractivity (Wildman–Crippen MR) is 125 cm³/mol. The number of aryl methyl sites for hydroxylation is 2. The van der Waals surface area contributed by atoms with E-state index in [-0.39, 0.29) is 0 Å². The van der Waals surface area contributed by atoms with Crippen LogP contribution >= 0.6 is 0 Å². The van der Waals surface area contributed by atoms with Gasteiger partial charge >= 0.3 is 0 Å². The third kappa shape index (κ3) is 1.96. The van der Waals surface area contributed by atoms with Crippen molar-refractivity contribution in [2.75, 3.05) is 0 Å². The predicted octanol–water partition coefficient (Wildman–Crippen LogP) is 7.08. The molecule has 0 saturated carbocycles. The second-order valence-corrected chi connectivity index (χ2v) is 8.32. The number of aromatic nitrogens is 2. The highest BCUT2D eigenvalue weighted by atomic mass is 15.0. The number of aromatic amines is 1. The fourth-order valence-corrected chi connectivity index (χ4v) is 5.37. The molecule has 7 rings (SSSR count). The normalized spacial score (nSPS) is 14.0. The number of hydrogen-bond acceptors (Lipinski definition) is 0. The number of benzene rings is 4. The maximum atomic E-state index is 3.69. The second kappa shape index (κ2) is 5.30. The number of H-pyrrole nitrogens is 1. The van der Waals surface area contributed by atoms with E-state index < -0.39 is 0 Å². The summed E-state index contributed by atoms with van der Waals surface area (Å²) in [4.78, 5) is 3.69. The summed E-state index contributed by atoms with van der Waals surface area (Å²) in [6, 6.07) is 22.5. The smallest absolute Gasteiger partial charge is 0.0586 e. The van der Waals surface area contributed by atoms with Crippen LogP contribution in [0.25, 0.3) is 60.3 Å². The van der Waals surface area contributed by atoms with Crippen molar-refractivity contribution in [2.24, 2.45) is 7.05 Å². The second-order valence-electron chi connectivity index (χ2n) is 8.32. The van der Waals surface area contributed by atoms with Crippen molar-refractivity contribution in [3.8, 4) is 0 Å². The zero-order valence-corrected chi connectivity index (χ0v) is 16.3. The molecule has 1 aliphatic carbocycles. The van der Waals surface area contributed by atoms with Gasteiger partial charge in [0.05, 0.1) is 5.52 Å². The number of fused-ring (bicyclic) bond motifs is 9. The molecule has 2 heterocycles. The van der Waals surface area contributed by atoms with Gasteiger partial charge < -0.3 is 9.55 Å². The van der Waals surface area contributed by atoms with E-state index in [9.17, 15) is 0 Å². The Hall–Kier alpha value is -3.52. The molecule has 4 aromatic carbocycles. The van der Waals surface area contributed by atoms with Crippen LogP contribution in [0.2, 0.25) is 0 Å². The van der Waals surface area contributed by atoms with Crippen molar-refractivity contribution in [2.45, 2.75) is 12.8 Å². The lowest BCUT2D eigenvalue weighted by atomic mass is 9.99. The van der Waals surface area contributed by atoms with E-state index in [1.54, 1.807) is 0 Å². The van der Waals surface area contributed by atoms with Crippen LogP contribution in [0.5, 0.6) is 0 Å². The average molecular weight is 372 g/mol. The lowest BCUT2D eigenvalue weighted by molar-refractivity contribution is 0.910. The van der Waals surface area contributed by atoms with Crippen LogP contribution in [0.15, 0.2) is 66.7 Å². The lowest BCUT2D eigenvalue weighted by Gasteiger charge is -2.06. The number of allylic oxidation sites excluding steroid dienone is 1. The van der Waals surface area contributed by atoms with Gasteiger partial charge in [0.25, 0.3) is 0 Å². The first-order valence-electron chi connectivity index (χ1n) is 10.3. The average Bonchev–Trinajstić information content (AvgIpc) is 3.25. The Bertz CT molecular complexity index is 1660. The van der Waals surface area contributed by atoms with Gasteiger partial charge in [0.2, 0.25) is 0 Å². The summed E-state index contributed by atoms with van der Waals surface area (Å²) in [6.45, 7) is 0. The molecule has 0 fully saturated rings. The molecule has 0 spiro atoms. The molecule has 1 aliphatic rings. The molecule has 2 aromatic heterocycles. The van der Waals surface area contributed by atoms with Gasteiger partial charge in [-0.2, -0.15) is 0 Å². The molecule has 29 heavy (non-hydrogen) atoms. The number of hydrogen-bond donors (Lipinski definition) is 1. The van der Waals surface area contributed by atoms with Gasteiger partial charge in [-0.25, -0.2) is 0 Å². The molecule has 2 nitrogen and oxygen atoms in total. The highest BCUT2D eigenvalue weighted by Crippen LogP contribution is 2.39. The third-order valence-electron chi connectivity index (χ3n) is 6.73. The van der Waals surface area contributed by atoms with Gasteiger partial charge in [0.1, 0.15) is 0 Å². The Balaban J connectivity index is 1.67. The van der Waals surface area contributed by atoms with E-state index in [0.717, 1.165) is 12.8 Å². The molecule has 1 N–H and O–H groups in total. The molecule has 0 aliphatic heterocycles. The van der Waals surface area contributed by atoms with Gasteiger partial charge in [0.15, 0.2) is 0 Å². The van der Waals surface area contributed by atoms with E-state index in [1.165, 1.54) is 65.5 Å². The van der Waals surface area contributed by atoms with Gasteiger partial charge in [0, 0.05) is 39.9 Å². The van der Waals surface area contributed by atoms with Crippen LogP contribution in [0.4, 0.5) is 0 Å². The highest BCUT2D eigenvalue weighted by Gasteiger charge is 2.19. The van der Waals surface area contributed by atoms with Crippen molar-refractivity contribution in [3.05, 3.63) is 78.0 Å². The quantitative estimate of drug-likeness (QED) is 0.275. The zero-order chi connectivity index (χ0) is 19.1. The van der Waals surface area contributed by atoms with Gasteiger partial charge in [-0.1, -0.05) is 36.4 Å². The van der Waals surface area contributed by atoms with Gasteiger partial charge in [-0.3, -0.25) is 0 Å². The lowest BCUT2D eigenvalue weighted by Crippen LogP contribution is -1.96. The summed E-state index contributed by atoms with van der Waals surface area (Å²) in [5, 5.41) is 9.23. The molecule has 0 amide bonds. The van der Waals surface area contributed by atoms with Crippen LogP contribution in [0.3, 0.4) is 0 Å². The minimum absolute atomic E-state index is 1.13. The first-order valence-corrected chi connectivity index (χ1v) is 10.3. The summed E-state index contributed by atoms with van der Waals surface area (Å²) < 4.78 is 2.39. The molecule has 0 saturated heterocycles. The Kier molecular flexibility index (Phi) is 2.81. The zero-order valence-electron chi connectivity index (χ0n) is 16.3. The number of rotatable bonds is 0. The molecule has 0 unspecified atom stereocenters. The molecule has 138 valence electrons. The van der Waals surface area contributed by atoms with Gasteiger partial charge in [-0.05, 0) is 76.4 Å². The largest absolute Gasteiger partial charge is 0.354 e. The Morgan fingerprint density at radius 2 is 1.59 bits per heavy atom. The van der Waals surface area contributed by atoms with Crippen molar-refractivity contribution in [1.29, 1.82) is 0 Å². The van der Waals surface area contributed by atoms with Crippen LogP contribution in [0, 0.1) is 0 Å². The fraction of sp³-hybridized carbons (Fsp3) is 0.111. The molecule has 0 radical (unpaired) electrons. The molecular formula is C27H20N2. The van der Waals surface area contributed by atoms with E-state index in [1.807, 2.05) is 0 Å². The van der Waals surface area contributed by atoms with Crippen molar-refractivity contribution in [1.82, 2.24) is 9.55 Å². The van der Waals surface area contributed by atoms with E-state index in [0.29, 0.717) is 0 Å². The van der Waals surface area contributed by atoms with Crippen LogP contribution < -0.4 is 0 Å². The third-order valence-corrected chi connectivity index (χ3v) is 6.73. The standard InChI is InChI=1S/C27H20N2/c1-29-25-9-5-4-8-20(25)21-10-11-23-26(27(21)29)22-14-18-12-16-6-2-3-7-17(16)13-19(18)15-24(22)28-23/h2-3,5-7,9-15,28H,4,8H2,1H3. The van der Waals surface area contributed by atoms with Crippen LogP contribution in [-0.2, 0) is 13.5 Å². The number of nitrogens with one attached hydrogen (secondary N) is 1. The summed E-state index contributed by atoms with van der Waals surface area (Å²) in [6.07, 6.45) is 6.86. The van der Waals surface area contributed by atoms with Crippen molar-refractivity contribution >= 4 is 60.3 Å². The van der Waals surface area contributed by atoms with Gasteiger partial charge in [-0.15, -0.1) is 0 Å². The first-order chi connectivity index (χ1) is 14.3. The maximum absolute atomic E-state index is 3.69. The minimum atomic E-state index is 1.13. The van der Waals surface area contributed by atoms with Crippen molar-refractivity contribution < 1.29 is 0 Å². The Labute approximate surface area is 168 Å². The number of nitrogens with zero attached hydrogens (tertiary/aromatic N) is 1. The molecule has 0 bridgehead atoms. The Morgan fingerprint density at radius 3 is 2.41 bits per heavy atom. The van der Waals surface area contributed by atoms with E-state index in [2.05, 4.69) is 89.4 Å². The first kappa shape index (κ1) is 15.4. The topological polar surface area (TPSA) is 20.7 Å².